The number of nitrogens with two attached hydrogens (primary N) is 1. The Labute approximate surface area is 104 Å². The Balaban J connectivity index is 2.13. The Kier molecular flexibility index (Phi) is 3.31. The minimum absolute atomic E-state index is 0.204. The molecule has 0 aliphatic carbocycles. The van der Waals surface area contributed by atoms with Crippen molar-refractivity contribution in [2.75, 3.05) is 12.8 Å². The zero-order valence-electron chi connectivity index (χ0n) is 10.4. The quantitative estimate of drug-likeness (QED) is 0.735. The third kappa shape index (κ3) is 2.20. The fourth-order valence-electron chi connectivity index (χ4n) is 1.71. The number of nitrogens with one attached hydrogen (secondary N) is 2. The largest absolute Gasteiger partial charge is 0.395 e. The number of carbonyl (C=O) groups is 1. The molecular formula is C11H16N6O. The fraction of sp³-hybridized carbons (Fsp3) is 0.364. The van der Waals surface area contributed by atoms with Crippen LogP contribution < -0.4 is 5.73 Å². The molecule has 4 N–H and O–H groups in total. The van der Waals surface area contributed by atoms with Crippen LogP contribution in [-0.4, -0.2) is 38.2 Å². The first-order valence-electron chi connectivity index (χ1n) is 5.69. The van der Waals surface area contributed by atoms with Gasteiger partial charge in [0.05, 0.1) is 17.6 Å². The maximum Gasteiger partial charge on any atom is 0.276 e. The van der Waals surface area contributed by atoms with E-state index >= 15 is 0 Å². The van der Waals surface area contributed by atoms with Crippen molar-refractivity contribution in [3.63, 3.8) is 0 Å². The zero-order valence-corrected chi connectivity index (χ0v) is 10.4. The van der Waals surface area contributed by atoms with Gasteiger partial charge < -0.3 is 10.6 Å². The summed E-state index contributed by atoms with van der Waals surface area (Å²) in [7, 11) is 1.70. The summed E-state index contributed by atoms with van der Waals surface area (Å²) >= 11 is 0. The summed E-state index contributed by atoms with van der Waals surface area (Å²) in [5.74, 6) is -0.204. The second-order valence-electron chi connectivity index (χ2n) is 4.09. The Morgan fingerprint density at radius 1 is 1.56 bits per heavy atom. The molecule has 18 heavy (non-hydrogen) atoms. The first kappa shape index (κ1) is 12.2. The molecule has 0 saturated carbocycles. The molecule has 1 amide bonds. The number of nitrogen functional groups attached to an aromatic ring is 1. The molecule has 0 radical (unpaired) electrons. The Morgan fingerprint density at radius 2 is 2.33 bits per heavy atom. The van der Waals surface area contributed by atoms with Crippen molar-refractivity contribution in [1.82, 2.24) is 25.3 Å². The topological polar surface area (TPSA) is 104 Å². The van der Waals surface area contributed by atoms with Crippen LogP contribution in [0.5, 0.6) is 0 Å². The summed E-state index contributed by atoms with van der Waals surface area (Å²) in [5, 5.41) is 13.3. The van der Waals surface area contributed by atoms with E-state index in [1.807, 2.05) is 6.92 Å². The number of nitrogens with zero attached hydrogens (tertiary/aromatic N) is 3. The van der Waals surface area contributed by atoms with Gasteiger partial charge in [0, 0.05) is 25.4 Å². The van der Waals surface area contributed by atoms with Gasteiger partial charge >= 0.3 is 0 Å². The second kappa shape index (κ2) is 4.91. The van der Waals surface area contributed by atoms with E-state index in [9.17, 15) is 4.79 Å². The van der Waals surface area contributed by atoms with E-state index in [0.29, 0.717) is 12.2 Å². The zero-order chi connectivity index (χ0) is 13.1. The summed E-state index contributed by atoms with van der Waals surface area (Å²) in [6.45, 7) is 2.41. The van der Waals surface area contributed by atoms with Gasteiger partial charge in [0.2, 0.25) is 0 Å². The molecule has 0 saturated heterocycles. The number of amides is 1. The minimum Gasteiger partial charge on any atom is -0.395 e. The van der Waals surface area contributed by atoms with E-state index in [-0.39, 0.29) is 11.6 Å². The fourth-order valence-corrected chi connectivity index (χ4v) is 1.71. The summed E-state index contributed by atoms with van der Waals surface area (Å²) in [6, 6.07) is 0. The highest BCUT2D eigenvalue weighted by Crippen LogP contribution is 2.16. The maximum absolute atomic E-state index is 12.2. The number of aryl methyl sites for hydroxylation is 1. The van der Waals surface area contributed by atoms with Crippen LogP contribution in [0.15, 0.2) is 12.4 Å². The monoisotopic (exact) mass is 248 g/mol. The summed E-state index contributed by atoms with van der Waals surface area (Å²) in [4.78, 5) is 13.7. The Bertz CT molecular complexity index is 530. The smallest absolute Gasteiger partial charge is 0.276 e. The number of H-pyrrole nitrogens is 2. The lowest BCUT2D eigenvalue weighted by Crippen LogP contribution is -2.27. The van der Waals surface area contributed by atoms with Crippen molar-refractivity contribution >= 4 is 11.6 Å². The molecule has 0 aliphatic rings. The molecule has 96 valence electrons. The number of hydrogen-bond donors (Lipinski definition) is 3. The van der Waals surface area contributed by atoms with Gasteiger partial charge in [-0.15, -0.1) is 0 Å². The minimum atomic E-state index is -0.204. The lowest BCUT2D eigenvalue weighted by Gasteiger charge is -2.14. The summed E-state index contributed by atoms with van der Waals surface area (Å²) in [6.07, 6.45) is 4.14. The predicted octanol–water partition coefficient (Wildman–Crippen LogP) is 0.550. The van der Waals surface area contributed by atoms with E-state index < -0.39 is 0 Å². The lowest BCUT2D eigenvalue weighted by atomic mass is 10.2. The van der Waals surface area contributed by atoms with E-state index in [2.05, 4.69) is 20.4 Å². The first-order valence-corrected chi connectivity index (χ1v) is 5.69. The lowest BCUT2D eigenvalue weighted by molar-refractivity contribution is 0.0780. The Hall–Kier alpha value is -2.31. The third-order valence-electron chi connectivity index (χ3n) is 2.76. The molecule has 2 heterocycles. The molecule has 0 atom stereocenters. The van der Waals surface area contributed by atoms with Gasteiger partial charge in [0.25, 0.3) is 5.91 Å². The SMILES string of the molecule is CCc1[nH]nc(C(=O)N(C)Cc2cn[nH]c2)c1N. The number of aromatic nitrogens is 4. The molecule has 2 aromatic heterocycles. The van der Waals surface area contributed by atoms with Crippen LogP contribution in [0.2, 0.25) is 0 Å². The highest BCUT2D eigenvalue weighted by molar-refractivity contribution is 5.97. The van der Waals surface area contributed by atoms with Crippen molar-refractivity contribution < 1.29 is 4.79 Å². The molecular weight excluding hydrogens is 232 g/mol. The van der Waals surface area contributed by atoms with Crippen LogP contribution in [0, 0.1) is 0 Å². The van der Waals surface area contributed by atoms with Gasteiger partial charge in [-0.3, -0.25) is 15.0 Å². The molecule has 0 aliphatic heterocycles. The number of rotatable bonds is 4. The van der Waals surface area contributed by atoms with E-state index in [1.165, 1.54) is 0 Å². The summed E-state index contributed by atoms with van der Waals surface area (Å²) in [5.41, 5.74) is 8.29. The highest BCUT2D eigenvalue weighted by Gasteiger charge is 2.20. The van der Waals surface area contributed by atoms with Crippen LogP contribution in [0.4, 0.5) is 5.69 Å². The molecule has 2 aromatic rings. The number of hydrogen-bond acceptors (Lipinski definition) is 4. The molecule has 0 fully saturated rings. The van der Waals surface area contributed by atoms with Crippen LogP contribution in [0.1, 0.15) is 28.7 Å². The number of carbonyl (C=O) groups excluding carboxylic acids is 1. The molecule has 0 bridgehead atoms. The van der Waals surface area contributed by atoms with Crippen molar-refractivity contribution in [1.29, 1.82) is 0 Å². The van der Waals surface area contributed by atoms with Gasteiger partial charge in [-0.25, -0.2) is 0 Å². The van der Waals surface area contributed by atoms with Crippen molar-refractivity contribution in [2.45, 2.75) is 19.9 Å². The number of anilines is 1. The third-order valence-corrected chi connectivity index (χ3v) is 2.76. The highest BCUT2D eigenvalue weighted by atomic mass is 16.2. The van der Waals surface area contributed by atoms with Crippen LogP contribution >= 0.6 is 0 Å². The van der Waals surface area contributed by atoms with Gasteiger partial charge in [-0.05, 0) is 6.42 Å². The van der Waals surface area contributed by atoms with Gasteiger partial charge in [-0.1, -0.05) is 6.92 Å². The standard InChI is InChI=1S/C11H16N6O/c1-3-8-9(12)10(16-15-8)11(18)17(2)6-7-4-13-14-5-7/h4-5H,3,6,12H2,1-2H3,(H,13,14)(H,15,16). The van der Waals surface area contributed by atoms with Gasteiger partial charge in [0.1, 0.15) is 0 Å². The molecule has 7 nitrogen and oxygen atoms in total. The molecule has 2 rings (SSSR count). The average molecular weight is 248 g/mol. The first-order chi connectivity index (χ1) is 8.63. The van der Waals surface area contributed by atoms with Crippen LogP contribution in [0.25, 0.3) is 0 Å². The maximum atomic E-state index is 12.2. The van der Waals surface area contributed by atoms with Crippen molar-refractivity contribution in [2.24, 2.45) is 0 Å². The van der Waals surface area contributed by atoms with Crippen molar-refractivity contribution in [3.05, 3.63) is 29.3 Å². The Morgan fingerprint density at radius 3 is 2.89 bits per heavy atom. The van der Waals surface area contributed by atoms with Crippen LogP contribution in [-0.2, 0) is 13.0 Å². The van der Waals surface area contributed by atoms with E-state index in [0.717, 1.165) is 17.7 Å². The summed E-state index contributed by atoms with van der Waals surface area (Å²) < 4.78 is 0. The van der Waals surface area contributed by atoms with Crippen molar-refractivity contribution in [3.8, 4) is 0 Å². The second-order valence-corrected chi connectivity index (χ2v) is 4.09. The number of aromatic amines is 2. The normalized spacial score (nSPS) is 10.6. The molecule has 0 unspecified atom stereocenters. The predicted molar refractivity (Wildman–Crippen MR) is 66.8 cm³/mol. The molecule has 0 aromatic carbocycles. The molecule has 0 spiro atoms. The van der Waals surface area contributed by atoms with Crippen LogP contribution in [0.3, 0.4) is 0 Å². The van der Waals surface area contributed by atoms with Gasteiger partial charge in [0.15, 0.2) is 5.69 Å². The van der Waals surface area contributed by atoms with Gasteiger partial charge in [-0.2, -0.15) is 10.2 Å². The average Bonchev–Trinajstić information content (AvgIpc) is 2.97. The molecule has 7 heteroatoms. The van der Waals surface area contributed by atoms with E-state index in [1.54, 1.807) is 24.3 Å². The van der Waals surface area contributed by atoms with E-state index in [4.69, 9.17) is 5.73 Å².